The number of nitriles is 1. The Balaban J connectivity index is 1.37. The predicted octanol–water partition coefficient (Wildman–Crippen LogP) is 2.54. The van der Waals surface area contributed by atoms with E-state index in [2.05, 4.69) is 64.2 Å². The van der Waals surface area contributed by atoms with Crippen molar-refractivity contribution in [3.05, 3.63) is 48.0 Å². The number of piperazine rings is 1. The molecule has 200 valence electrons. The lowest BCUT2D eigenvalue weighted by Gasteiger charge is -2.43. The summed E-state index contributed by atoms with van der Waals surface area (Å²) in [6, 6.07) is 2.15. The lowest BCUT2D eigenvalue weighted by Crippen LogP contribution is -2.55. The van der Waals surface area contributed by atoms with E-state index in [1.807, 2.05) is 34.9 Å². The average Bonchev–Trinajstić information content (AvgIpc) is 3.29. The first-order valence-corrected chi connectivity index (χ1v) is 13.4. The van der Waals surface area contributed by atoms with Crippen LogP contribution in [-0.4, -0.2) is 98.8 Å². The summed E-state index contributed by atoms with van der Waals surface area (Å²) in [6.07, 6.45) is 13.5. The summed E-state index contributed by atoms with van der Waals surface area (Å²) in [5.74, 6) is 0.695. The molecule has 2 unspecified atom stereocenters. The van der Waals surface area contributed by atoms with Crippen LogP contribution < -0.4 is 5.32 Å². The summed E-state index contributed by atoms with van der Waals surface area (Å²) in [7, 11) is 3.97. The van der Waals surface area contributed by atoms with Crippen LogP contribution in [0.3, 0.4) is 0 Å². The van der Waals surface area contributed by atoms with Crippen LogP contribution in [0.25, 0.3) is 11.0 Å². The summed E-state index contributed by atoms with van der Waals surface area (Å²) < 4.78 is 1.91. The van der Waals surface area contributed by atoms with Gasteiger partial charge in [-0.05, 0) is 39.8 Å². The zero-order chi connectivity index (χ0) is 26.9. The number of anilines is 1. The highest BCUT2D eigenvalue weighted by molar-refractivity contribution is 5.98. The van der Waals surface area contributed by atoms with Crippen molar-refractivity contribution in [2.45, 2.75) is 50.7 Å². The van der Waals surface area contributed by atoms with Gasteiger partial charge in [-0.1, -0.05) is 24.3 Å². The highest BCUT2D eigenvalue weighted by Crippen LogP contribution is 2.34. The number of fused-ring (bicyclic) bond motifs is 1. The lowest BCUT2D eigenvalue weighted by atomic mass is 9.95. The van der Waals surface area contributed by atoms with E-state index in [0.717, 1.165) is 61.6 Å². The molecular formula is C28H37N9O. The molecule has 10 nitrogen and oxygen atoms in total. The first-order chi connectivity index (χ1) is 18.3. The Morgan fingerprint density at radius 2 is 2.00 bits per heavy atom. The highest BCUT2D eigenvalue weighted by Gasteiger charge is 2.37. The second-order valence-corrected chi connectivity index (χ2v) is 10.9. The van der Waals surface area contributed by atoms with Gasteiger partial charge in [-0.3, -0.25) is 9.69 Å². The molecule has 3 aliphatic rings. The molecule has 38 heavy (non-hydrogen) atoms. The standard InChI is InChI=1S/C28H37N9O/c1-28(2,35-14-12-34(4)13-15-35)16-21(17-29)27(38)36-11-10-22(36)18-37-26-23(25(30-3)31-19-32-26)24(33-37)20-8-6-5-7-9-20/h5-8,16,19-20,22H,9-15,18H2,1-4H3,(H,30,31,32)/b21-16+. The number of carbonyl (C=O) groups is 1. The molecule has 2 aromatic heterocycles. The first kappa shape index (κ1) is 26.1. The molecule has 2 aliphatic heterocycles. The number of likely N-dealkylation sites (tertiary alicyclic amines) is 1. The summed E-state index contributed by atoms with van der Waals surface area (Å²) in [6.45, 7) is 9.11. The number of nitrogens with one attached hydrogen (secondary N) is 1. The van der Waals surface area contributed by atoms with Crippen LogP contribution in [-0.2, 0) is 11.3 Å². The minimum atomic E-state index is -0.377. The van der Waals surface area contributed by atoms with Crippen LogP contribution >= 0.6 is 0 Å². The number of amides is 1. The molecule has 4 heterocycles. The maximum Gasteiger partial charge on any atom is 0.264 e. The average molecular weight is 516 g/mol. The third-order valence-electron chi connectivity index (χ3n) is 8.08. The van der Waals surface area contributed by atoms with Gasteiger partial charge < -0.3 is 15.1 Å². The van der Waals surface area contributed by atoms with E-state index < -0.39 is 0 Å². The van der Waals surface area contributed by atoms with Gasteiger partial charge in [0.25, 0.3) is 5.91 Å². The Bertz CT molecular complexity index is 1320. The van der Waals surface area contributed by atoms with Crippen LogP contribution in [0.15, 0.2) is 42.3 Å². The maximum absolute atomic E-state index is 13.5. The molecule has 2 aromatic rings. The third-order valence-corrected chi connectivity index (χ3v) is 8.08. The smallest absolute Gasteiger partial charge is 0.264 e. The molecule has 2 atom stereocenters. The fourth-order valence-corrected chi connectivity index (χ4v) is 5.62. The van der Waals surface area contributed by atoms with Crippen LogP contribution in [0.1, 0.15) is 38.3 Å². The molecule has 2 fully saturated rings. The van der Waals surface area contributed by atoms with E-state index in [0.29, 0.717) is 13.1 Å². The largest absolute Gasteiger partial charge is 0.372 e. The number of hydrogen-bond donors (Lipinski definition) is 1. The van der Waals surface area contributed by atoms with Gasteiger partial charge in [-0.25, -0.2) is 14.6 Å². The minimum absolute atomic E-state index is 0.0447. The van der Waals surface area contributed by atoms with Crippen molar-refractivity contribution < 1.29 is 4.79 Å². The summed E-state index contributed by atoms with van der Waals surface area (Å²) in [5.41, 5.74) is 1.53. The second kappa shape index (κ2) is 10.7. The monoisotopic (exact) mass is 515 g/mol. The van der Waals surface area contributed by atoms with Crippen molar-refractivity contribution in [3.63, 3.8) is 0 Å². The van der Waals surface area contributed by atoms with Crippen molar-refractivity contribution in [1.29, 1.82) is 5.26 Å². The fraction of sp³-hybridized carbons (Fsp3) is 0.536. The Morgan fingerprint density at radius 3 is 2.63 bits per heavy atom. The number of carbonyl (C=O) groups excluding carboxylic acids is 1. The number of nitrogens with zero attached hydrogens (tertiary/aromatic N) is 8. The molecule has 2 saturated heterocycles. The lowest BCUT2D eigenvalue weighted by molar-refractivity contribution is -0.134. The number of rotatable bonds is 7. The SMILES string of the molecule is CNc1ncnc2c1c(C1C=CC=CC1)nn2CC1CCN1C(=O)/C(C#N)=C/C(C)(C)N1CCN(C)CC1. The molecule has 10 heteroatoms. The van der Waals surface area contributed by atoms with E-state index >= 15 is 0 Å². The molecule has 1 aliphatic carbocycles. The highest BCUT2D eigenvalue weighted by atomic mass is 16.2. The predicted molar refractivity (Wildman–Crippen MR) is 147 cm³/mol. The molecule has 0 aromatic carbocycles. The topological polar surface area (TPSA) is 106 Å². The zero-order valence-electron chi connectivity index (χ0n) is 22.8. The van der Waals surface area contributed by atoms with Gasteiger partial charge in [0, 0.05) is 51.2 Å². The van der Waals surface area contributed by atoms with E-state index in [1.165, 1.54) is 0 Å². The molecule has 0 bridgehead atoms. The zero-order valence-corrected chi connectivity index (χ0v) is 22.8. The number of likely N-dealkylation sites (N-methyl/N-ethyl adjacent to an activating group) is 1. The van der Waals surface area contributed by atoms with E-state index in [4.69, 9.17) is 5.10 Å². The Kier molecular flexibility index (Phi) is 7.32. The van der Waals surface area contributed by atoms with E-state index in [-0.39, 0.29) is 29.0 Å². The first-order valence-electron chi connectivity index (χ1n) is 13.4. The quantitative estimate of drug-likeness (QED) is 0.443. The van der Waals surface area contributed by atoms with Crippen molar-refractivity contribution in [3.8, 4) is 6.07 Å². The van der Waals surface area contributed by atoms with Crippen LogP contribution in [0, 0.1) is 11.3 Å². The molecule has 0 spiro atoms. The second-order valence-electron chi connectivity index (χ2n) is 10.9. The van der Waals surface area contributed by atoms with Crippen molar-refractivity contribution >= 4 is 22.8 Å². The van der Waals surface area contributed by atoms with Gasteiger partial charge >= 0.3 is 0 Å². The van der Waals surface area contributed by atoms with Gasteiger partial charge in [0.05, 0.1) is 23.7 Å². The molecule has 1 amide bonds. The maximum atomic E-state index is 13.5. The van der Waals surface area contributed by atoms with Gasteiger partial charge in [-0.15, -0.1) is 0 Å². The van der Waals surface area contributed by atoms with Gasteiger partial charge in [0.1, 0.15) is 23.8 Å². The fourth-order valence-electron chi connectivity index (χ4n) is 5.62. The van der Waals surface area contributed by atoms with Gasteiger partial charge in [-0.2, -0.15) is 10.4 Å². The molecule has 0 radical (unpaired) electrons. The number of aromatic nitrogens is 4. The summed E-state index contributed by atoms with van der Waals surface area (Å²) in [5, 5.41) is 19.0. The normalized spacial score (nSPS) is 22.9. The van der Waals surface area contributed by atoms with E-state index in [1.54, 1.807) is 6.33 Å². The Labute approximate surface area is 224 Å². The van der Waals surface area contributed by atoms with Crippen molar-refractivity contribution in [2.75, 3.05) is 52.1 Å². The molecular weight excluding hydrogens is 478 g/mol. The van der Waals surface area contributed by atoms with Crippen molar-refractivity contribution in [1.82, 2.24) is 34.4 Å². The van der Waals surface area contributed by atoms with Gasteiger partial charge in [0.2, 0.25) is 0 Å². The summed E-state index contributed by atoms with van der Waals surface area (Å²) in [4.78, 5) is 29.0. The number of hydrogen-bond acceptors (Lipinski definition) is 8. The Morgan fingerprint density at radius 1 is 1.21 bits per heavy atom. The molecule has 0 saturated carbocycles. The Hall–Kier alpha value is -3.55. The summed E-state index contributed by atoms with van der Waals surface area (Å²) >= 11 is 0. The van der Waals surface area contributed by atoms with Crippen LogP contribution in [0.4, 0.5) is 5.82 Å². The third kappa shape index (κ3) is 4.96. The van der Waals surface area contributed by atoms with Gasteiger partial charge in [0.15, 0.2) is 5.65 Å². The minimum Gasteiger partial charge on any atom is -0.372 e. The van der Waals surface area contributed by atoms with Crippen molar-refractivity contribution in [2.24, 2.45) is 0 Å². The van der Waals surface area contributed by atoms with Crippen LogP contribution in [0.2, 0.25) is 0 Å². The van der Waals surface area contributed by atoms with Crippen LogP contribution in [0.5, 0.6) is 0 Å². The molecule has 1 N–H and O–H groups in total. The molecule has 5 rings (SSSR count). The van der Waals surface area contributed by atoms with E-state index in [9.17, 15) is 10.1 Å². The number of allylic oxidation sites excluding steroid dienone is 4.